The lowest BCUT2D eigenvalue weighted by Crippen LogP contribution is -2.34. The number of hydrogen-bond acceptors (Lipinski definition) is 3. The number of nitrogens with one attached hydrogen (secondary N) is 1. The molecule has 0 fully saturated rings. The Balaban J connectivity index is 2.45. The lowest BCUT2D eigenvalue weighted by molar-refractivity contribution is -0.130. The highest BCUT2D eigenvalue weighted by Crippen LogP contribution is 2.09. The molecule has 0 saturated carbocycles. The largest absolute Gasteiger partial charge is 0.351 e. The molecule has 1 atom stereocenters. The number of halogens is 2. The van der Waals surface area contributed by atoms with Gasteiger partial charge in [-0.2, -0.15) is 5.26 Å². The molecule has 0 saturated heterocycles. The normalized spacial score (nSPS) is 11.4. The Kier molecular flexibility index (Phi) is 6.45. The van der Waals surface area contributed by atoms with Gasteiger partial charge in [0.25, 0.3) is 5.91 Å². The molecule has 0 radical (unpaired) electrons. The number of amides is 2. The summed E-state index contributed by atoms with van der Waals surface area (Å²) >= 11 is 0. The summed E-state index contributed by atoms with van der Waals surface area (Å²) in [4.78, 5) is 24.9. The summed E-state index contributed by atoms with van der Waals surface area (Å²) in [5.74, 6) is -2.95. The lowest BCUT2D eigenvalue weighted by atomic mass is 10.2. The molecule has 0 aliphatic carbocycles. The fourth-order valence-electron chi connectivity index (χ4n) is 1.80. The van der Waals surface area contributed by atoms with Crippen molar-refractivity contribution in [2.24, 2.45) is 5.92 Å². The number of benzene rings is 1. The molecule has 22 heavy (non-hydrogen) atoms. The maximum atomic E-state index is 13.4. The van der Waals surface area contributed by atoms with Crippen molar-refractivity contribution in [1.29, 1.82) is 5.26 Å². The topological polar surface area (TPSA) is 73.2 Å². The number of nitrogens with zero attached hydrogens (tertiary/aromatic N) is 2. The highest BCUT2D eigenvalue weighted by Gasteiger charge is 2.14. The van der Waals surface area contributed by atoms with Crippen molar-refractivity contribution >= 4 is 11.8 Å². The number of carbonyl (C=O) groups is 2. The van der Waals surface area contributed by atoms with Crippen LogP contribution in [0, 0.1) is 28.9 Å². The Bertz CT molecular complexity index is 599. The van der Waals surface area contributed by atoms with Crippen LogP contribution < -0.4 is 5.32 Å². The van der Waals surface area contributed by atoms with E-state index < -0.39 is 17.5 Å². The zero-order chi connectivity index (χ0) is 16.7. The third-order valence-electron chi connectivity index (χ3n) is 2.99. The van der Waals surface area contributed by atoms with E-state index >= 15 is 0 Å². The van der Waals surface area contributed by atoms with Crippen molar-refractivity contribution in [2.75, 3.05) is 20.1 Å². The van der Waals surface area contributed by atoms with Crippen LogP contribution in [0.5, 0.6) is 0 Å². The predicted molar refractivity (Wildman–Crippen MR) is 75.7 cm³/mol. The third kappa shape index (κ3) is 5.13. The first-order chi connectivity index (χ1) is 10.3. The summed E-state index contributed by atoms with van der Waals surface area (Å²) in [6.07, 6.45) is 0.0310. The van der Waals surface area contributed by atoms with Gasteiger partial charge >= 0.3 is 0 Å². The second-order valence-corrected chi connectivity index (χ2v) is 4.93. The first-order valence-corrected chi connectivity index (χ1v) is 6.72. The number of rotatable bonds is 6. The van der Waals surface area contributed by atoms with E-state index in [2.05, 4.69) is 5.32 Å². The van der Waals surface area contributed by atoms with E-state index in [1.807, 2.05) is 6.07 Å². The van der Waals surface area contributed by atoms with Crippen LogP contribution in [0.3, 0.4) is 0 Å². The number of hydrogen-bond donors (Lipinski definition) is 1. The number of carbonyl (C=O) groups excluding carboxylic acids is 2. The Hall–Kier alpha value is -2.49. The van der Waals surface area contributed by atoms with Crippen LogP contribution in [-0.2, 0) is 4.79 Å². The van der Waals surface area contributed by atoms with Gasteiger partial charge in [0.05, 0.1) is 17.6 Å². The summed E-state index contributed by atoms with van der Waals surface area (Å²) in [6.45, 7) is 2.03. The Labute approximate surface area is 127 Å². The van der Waals surface area contributed by atoms with Gasteiger partial charge in [-0.25, -0.2) is 8.78 Å². The van der Waals surface area contributed by atoms with E-state index in [9.17, 15) is 18.4 Å². The predicted octanol–water partition coefficient (Wildman–Crippen LogP) is 1.70. The summed E-state index contributed by atoms with van der Waals surface area (Å²) in [5.41, 5.74) is -0.277. The van der Waals surface area contributed by atoms with E-state index in [0.717, 1.165) is 12.1 Å². The van der Waals surface area contributed by atoms with Crippen LogP contribution in [-0.4, -0.2) is 36.9 Å². The lowest BCUT2D eigenvalue weighted by Gasteiger charge is -2.18. The van der Waals surface area contributed by atoms with Crippen LogP contribution in [0.1, 0.15) is 23.7 Å². The molecule has 0 aliphatic heterocycles. The van der Waals surface area contributed by atoms with Gasteiger partial charge in [0.15, 0.2) is 0 Å². The van der Waals surface area contributed by atoms with E-state index in [4.69, 9.17) is 5.26 Å². The van der Waals surface area contributed by atoms with Gasteiger partial charge in [0.1, 0.15) is 11.6 Å². The average molecular weight is 309 g/mol. The molecule has 0 bridgehead atoms. The van der Waals surface area contributed by atoms with Crippen LogP contribution in [0.2, 0.25) is 0 Å². The molecule has 0 unspecified atom stereocenters. The molecule has 1 aromatic rings. The summed E-state index contributed by atoms with van der Waals surface area (Å²) in [7, 11) is 1.57. The Morgan fingerprint density at radius 2 is 2.09 bits per heavy atom. The Morgan fingerprint density at radius 1 is 1.41 bits per heavy atom. The van der Waals surface area contributed by atoms with Crippen LogP contribution >= 0.6 is 0 Å². The molecule has 0 spiro atoms. The first-order valence-electron chi connectivity index (χ1n) is 6.72. The smallest absolute Gasteiger partial charge is 0.254 e. The molecule has 118 valence electrons. The highest BCUT2D eigenvalue weighted by molar-refractivity contribution is 5.94. The summed E-state index contributed by atoms with van der Waals surface area (Å²) in [5, 5.41) is 11.1. The third-order valence-corrected chi connectivity index (χ3v) is 2.99. The molecule has 7 heteroatoms. The van der Waals surface area contributed by atoms with E-state index in [1.165, 1.54) is 4.90 Å². The summed E-state index contributed by atoms with van der Waals surface area (Å²) in [6, 6.07) is 4.67. The first kappa shape index (κ1) is 17.6. The highest BCUT2D eigenvalue weighted by atomic mass is 19.1. The molecule has 1 rings (SSSR count). The Morgan fingerprint density at radius 3 is 2.68 bits per heavy atom. The zero-order valence-electron chi connectivity index (χ0n) is 12.4. The molecule has 0 heterocycles. The minimum absolute atomic E-state index is 0.0275. The van der Waals surface area contributed by atoms with E-state index in [-0.39, 0.29) is 30.4 Å². The van der Waals surface area contributed by atoms with Gasteiger partial charge in [-0.15, -0.1) is 0 Å². The fraction of sp³-hybridized carbons (Fsp3) is 0.400. The van der Waals surface area contributed by atoms with Gasteiger partial charge in [0, 0.05) is 32.6 Å². The monoisotopic (exact) mass is 309 g/mol. The van der Waals surface area contributed by atoms with E-state index in [0.29, 0.717) is 12.6 Å². The van der Waals surface area contributed by atoms with Gasteiger partial charge < -0.3 is 10.2 Å². The van der Waals surface area contributed by atoms with Crippen LogP contribution in [0.15, 0.2) is 18.2 Å². The average Bonchev–Trinajstić information content (AvgIpc) is 2.46. The van der Waals surface area contributed by atoms with Gasteiger partial charge in [-0.05, 0) is 19.1 Å². The standard InChI is InChI=1S/C15H17F2N3O2/c1-10(8-18)9-20(2)14(21)5-6-19-15(22)12-4-3-11(16)7-13(12)17/h3-4,7,10H,5-6,9H2,1-2H3,(H,19,22)/t10-/m0/s1. The van der Waals surface area contributed by atoms with Crippen LogP contribution in [0.4, 0.5) is 8.78 Å². The molecule has 5 nitrogen and oxygen atoms in total. The van der Waals surface area contributed by atoms with Crippen molar-refractivity contribution in [3.05, 3.63) is 35.4 Å². The van der Waals surface area contributed by atoms with E-state index in [1.54, 1.807) is 14.0 Å². The van der Waals surface area contributed by atoms with Crippen molar-refractivity contribution in [3.8, 4) is 6.07 Å². The minimum atomic E-state index is -0.955. The minimum Gasteiger partial charge on any atom is -0.351 e. The van der Waals surface area contributed by atoms with Crippen molar-refractivity contribution < 1.29 is 18.4 Å². The molecular weight excluding hydrogens is 292 g/mol. The quantitative estimate of drug-likeness (QED) is 0.869. The SMILES string of the molecule is C[C@@H](C#N)CN(C)C(=O)CCNC(=O)c1ccc(F)cc1F. The number of nitriles is 1. The fourth-order valence-corrected chi connectivity index (χ4v) is 1.80. The molecule has 1 N–H and O–H groups in total. The van der Waals surface area contributed by atoms with Gasteiger partial charge in [-0.3, -0.25) is 9.59 Å². The molecular formula is C15H17F2N3O2. The maximum absolute atomic E-state index is 13.4. The maximum Gasteiger partial charge on any atom is 0.254 e. The van der Waals surface area contributed by atoms with Crippen molar-refractivity contribution in [1.82, 2.24) is 10.2 Å². The second kappa shape index (κ2) is 8.08. The van der Waals surface area contributed by atoms with Gasteiger partial charge in [0.2, 0.25) is 5.91 Å². The molecule has 2 amide bonds. The molecule has 1 aromatic carbocycles. The van der Waals surface area contributed by atoms with Crippen molar-refractivity contribution in [3.63, 3.8) is 0 Å². The van der Waals surface area contributed by atoms with Crippen molar-refractivity contribution in [2.45, 2.75) is 13.3 Å². The van der Waals surface area contributed by atoms with Gasteiger partial charge in [-0.1, -0.05) is 0 Å². The zero-order valence-corrected chi connectivity index (χ0v) is 12.4. The van der Waals surface area contributed by atoms with Crippen LogP contribution in [0.25, 0.3) is 0 Å². The molecule has 0 aromatic heterocycles. The summed E-state index contributed by atoms with van der Waals surface area (Å²) < 4.78 is 26.1. The molecule has 0 aliphatic rings. The second-order valence-electron chi connectivity index (χ2n) is 4.93.